The highest BCUT2D eigenvalue weighted by Gasteiger charge is 2.07. The minimum atomic E-state index is -0.512. The van der Waals surface area contributed by atoms with E-state index in [1.165, 1.54) is 6.07 Å². The third-order valence-corrected chi connectivity index (χ3v) is 3.57. The molecule has 4 nitrogen and oxygen atoms in total. The predicted octanol–water partition coefficient (Wildman–Crippen LogP) is 3.71. The average Bonchev–Trinajstić information content (AvgIpc) is 3.00. The van der Waals surface area contributed by atoms with Crippen molar-refractivity contribution in [3.05, 3.63) is 71.8 Å². The molecule has 3 rings (SSSR count). The highest BCUT2D eigenvalue weighted by atomic mass is 19.1. The lowest BCUT2D eigenvalue weighted by Crippen LogP contribution is -2.02. The van der Waals surface area contributed by atoms with Gasteiger partial charge >= 0.3 is 0 Å². The van der Waals surface area contributed by atoms with Gasteiger partial charge in [-0.15, -0.1) is 0 Å². The lowest BCUT2D eigenvalue weighted by atomic mass is 10.1. The van der Waals surface area contributed by atoms with Crippen molar-refractivity contribution in [2.24, 2.45) is 7.05 Å². The Bertz CT molecular complexity index is 877. The van der Waals surface area contributed by atoms with Crippen LogP contribution in [0.5, 0.6) is 0 Å². The number of halogens is 1. The maximum absolute atomic E-state index is 13.6. The van der Waals surface area contributed by atoms with Gasteiger partial charge in [0.25, 0.3) is 0 Å². The van der Waals surface area contributed by atoms with Gasteiger partial charge in [0.1, 0.15) is 17.4 Å². The number of aromatic nitrogens is 2. The van der Waals surface area contributed by atoms with Crippen LogP contribution in [0.15, 0.2) is 54.9 Å². The molecule has 0 fully saturated rings. The second kappa shape index (κ2) is 6.32. The summed E-state index contributed by atoms with van der Waals surface area (Å²) in [6, 6.07) is 14.5. The van der Waals surface area contributed by atoms with Crippen LogP contribution in [0.2, 0.25) is 0 Å². The fraction of sp³-hybridized carbons (Fsp3) is 0.111. The van der Waals surface area contributed by atoms with Crippen LogP contribution in [0, 0.1) is 17.1 Å². The highest BCUT2D eigenvalue weighted by molar-refractivity contribution is 5.63. The SMILES string of the molecule is Cn1cc(-c2cccc(CNc3cccc(F)c3C#N)c2)cn1. The minimum absolute atomic E-state index is 0.0379. The normalized spacial score (nSPS) is 10.3. The number of hydrogen-bond acceptors (Lipinski definition) is 3. The van der Waals surface area contributed by atoms with Gasteiger partial charge in [0, 0.05) is 25.4 Å². The van der Waals surface area contributed by atoms with Crippen LogP contribution < -0.4 is 5.32 Å². The molecule has 114 valence electrons. The first-order chi connectivity index (χ1) is 11.2. The van der Waals surface area contributed by atoms with E-state index in [0.717, 1.165) is 16.7 Å². The zero-order chi connectivity index (χ0) is 16.2. The lowest BCUT2D eigenvalue weighted by Gasteiger charge is -2.09. The Labute approximate surface area is 133 Å². The Balaban J connectivity index is 1.80. The Morgan fingerprint density at radius 3 is 2.78 bits per heavy atom. The molecule has 0 amide bonds. The molecule has 1 heterocycles. The monoisotopic (exact) mass is 306 g/mol. The summed E-state index contributed by atoms with van der Waals surface area (Å²) in [5, 5.41) is 16.3. The third-order valence-electron chi connectivity index (χ3n) is 3.57. The Morgan fingerprint density at radius 1 is 1.22 bits per heavy atom. The molecular formula is C18H15FN4. The first kappa shape index (κ1) is 14.8. The Morgan fingerprint density at radius 2 is 2.04 bits per heavy atom. The number of nitrogens with one attached hydrogen (secondary N) is 1. The quantitative estimate of drug-likeness (QED) is 0.799. The number of rotatable bonds is 4. The first-order valence-corrected chi connectivity index (χ1v) is 7.18. The van der Waals surface area contributed by atoms with Crippen molar-refractivity contribution in [3.63, 3.8) is 0 Å². The molecule has 2 aromatic carbocycles. The van der Waals surface area contributed by atoms with E-state index in [-0.39, 0.29) is 5.56 Å². The lowest BCUT2D eigenvalue weighted by molar-refractivity contribution is 0.624. The molecule has 0 bridgehead atoms. The van der Waals surface area contributed by atoms with Crippen molar-refractivity contribution in [2.75, 3.05) is 5.32 Å². The number of benzene rings is 2. The molecule has 0 atom stereocenters. The summed E-state index contributed by atoms with van der Waals surface area (Å²) in [6.45, 7) is 0.506. The van der Waals surface area contributed by atoms with E-state index in [4.69, 9.17) is 5.26 Å². The molecule has 1 N–H and O–H groups in total. The summed E-state index contributed by atoms with van der Waals surface area (Å²) in [5.41, 5.74) is 3.68. The number of anilines is 1. The van der Waals surface area contributed by atoms with Crippen LogP contribution in [0.3, 0.4) is 0 Å². The fourth-order valence-corrected chi connectivity index (χ4v) is 2.41. The topological polar surface area (TPSA) is 53.6 Å². The van der Waals surface area contributed by atoms with Crippen LogP contribution in [-0.4, -0.2) is 9.78 Å². The van der Waals surface area contributed by atoms with E-state index in [9.17, 15) is 4.39 Å². The molecule has 23 heavy (non-hydrogen) atoms. The molecule has 0 saturated carbocycles. The predicted molar refractivity (Wildman–Crippen MR) is 87.1 cm³/mol. The molecule has 0 aliphatic heterocycles. The van der Waals surface area contributed by atoms with Gasteiger partial charge in [0.15, 0.2) is 0 Å². The first-order valence-electron chi connectivity index (χ1n) is 7.18. The van der Waals surface area contributed by atoms with Crippen LogP contribution >= 0.6 is 0 Å². The van der Waals surface area contributed by atoms with Gasteiger partial charge in [0.05, 0.1) is 11.9 Å². The molecular weight excluding hydrogens is 291 g/mol. The summed E-state index contributed by atoms with van der Waals surface area (Å²) in [4.78, 5) is 0. The zero-order valence-corrected chi connectivity index (χ0v) is 12.6. The van der Waals surface area contributed by atoms with Crippen molar-refractivity contribution in [3.8, 4) is 17.2 Å². The molecule has 3 aromatic rings. The average molecular weight is 306 g/mol. The maximum Gasteiger partial charge on any atom is 0.143 e. The molecule has 1 aromatic heterocycles. The van der Waals surface area contributed by atoms with Crippen LogP contribution in [0.25, 0.3) is 11.1 Å². The van der Waals surface area contributed by atoms with Crippen molar-refractivity contribution < 1.29 is 4.39 Å². The van der Waals surface area contributed by atoms with Crippen molar-refractivity contribution in [1.82, 2.24) is 9.78 Å². The van der Waals surface area contributed by atoms with Gasteiger partial charge in [-0.05, 0) is 29.3 Å². The number of aryl methyl sites for hydroxylation is 1. The van der Waals surface area contributed by atoms with E-state index in [1.54, 1.807) is 16.8 Å². The van der Waals surface area contributed by atoms with Crippen molar-refractivity contribution >= 4 is 5.69 Å². The van der Waals surface area contributed by atoms with Crippen LogP contribution in [-0.2, 0) is 13.6 Å². The summed E-state index contributed by atoms with van der Waals surface area (Å²) < 4.78 is 15.3. The van der Waals surface area contributed by atoms with Gasteiger partial charge in [0.2, 0.25) is 0 Å². The third kappa shape index (κ3) is 3.22. The standard InChI is InChI=1S/C18H15FN4/c1-23-12-15(11-22-23)14-5-2-4-13(8-14)10-21-18-7-3-6-17(19)16(18)9-20/h2-8,11-12,21H,10H2,1H3. The maximum atomic E-state index is 13.6. The van der Waals surface area contributed by atoms with Gasteiger partial charge in [-0.3, -0.25) is 4.68 Å². The summed E-state index contributed by atoms with van der Waals surface area (Å²) in [7, 11) is 1.88. The molecule has 0 spiro atoms. The second-order valence-electron chi connectivity index (χ2n) is 5.23. The number of nitriles is 1. The van der Waals surface area contributed by atoms with E-state index in [1.807, 2.05) is 43.7 Å². The molecule has 0 aliphatic carbocycles. The highest BCUT2D eigenvalue weighted by Crippen LogP contribution is 2.22. The molecule has 0 radical (unpaired) electrons. The Hall–Kier alpha value is -3.13. The number of nitrogens with zero attached hydrogens (tertiary/aromatic N) is 3. The zero-order valence-electron chi connectivity index (χ0n) is 12.6. The van der Waals surface area contributed by atoms with Crippen molar-refractivity contribution in [1.29, 1.82) is 5.26 Å². The number of hydrogen-bond donors (Lipinski definition) is 1. The van der Waals surface area contributed by atoms with Gasteiger partial charge in [-0.1, -0.05) is 24.3 Å². The van der Waals surface area contributed by atoms with E-state index >= 15 is 0 Å². The largest absolute Gasteiger partial charge is 0.380 e. The van der Waals surface area contributed by atoms with Crippen LogP contribution in [0.1, 0.15) is 11.1 Å². The Kier molecular flexibility index (Phi) is 4.07. The van der Waals surface area contributed by atoms with E-state index < -0.39 is 5.82 Å². The fourth-order valence-electron chi connectivity index (χ4n) is 2.41. The summed E-state index contributed by atoms with van der Waals surface area (Å²) in [5.74, 6) is -0.512. The summed E-state index contributed by atoms with van der Waals surface area (Å²) >= 11 is 0. The van der Waals surface area contributed by atoms with Gasteiger partial charge in [-0.25, -0.2) is 4.39 Å². The van der Waals surface area contributed by atoms with Gasteiger partial charge < -0.3 is 5.32 Å². The molecule has 5 heteroatoms. The van der Waals surface area contributed by atoms with Crippen molar-refractivity contribution in [2.45, 2.75) is 6.54 Å². The minimum Gasteiger partial charge on any atom is -0.380 e. The van der Waals surface area contributed by atoms with Crippen LogP contribution in [0.4, 0.5) is 10.1 Å². The van der Waals surface area contributed by atoms with Gasteiger partial charge in [-0.2, -0.15) is 10.4 Å². The van der Waals surface area contributed by atoms with E-state index in [0.29, 0.717) is 12.2 Å². The molecule has 0 aliphatic rings. The smallest absolute Gasteiger partial charge is 0.143 e. The molecule has 0 saturated heterocycles. The van der Waals surface area contributed by atoms with E-state index in [2.05, 4.69) is 16.5 Å². The molecule has 0 unspecified atom stereocenters. The summed E-state index contributed by atoms with van der Waals surface area (Å²) in [6.07, 6.45) is 3.76. The second-order valence-corrected chi connectivity index (χ2v) is 5.23.